The van der Waals surface area contributed by atoms with Crippen molar-refractivity contribution in [3.63, 3.8) is 0 Å². The van der Waals surface area contributed by atoms with E-state index in [0.29, 0.717) is 13.0 Å². The first-order chi connectivity index (χ1) is 11.7. The van der Waals surface area contributed by atoms with Crippen LogP contribution in [0.25, 0.3) is 5.69 Å². The first-order valence-corrected chi connectivity index (χ1v) is 8.16. The maximum absolute atomic E-state index is 12.1. The molecule has 0 atom stereocenters. The molecular formula is C20H21N3O. The normalized spacial score (nSPS) is 10.5. The molecule has 122 valence electrons. The zero-order valence-electron chi connectivity index (χ0n) is 13.8. The SMILES string of the molecule is CCc1ccc(CC(=O)NCc2ccc(-n3ccnc3)cc2)cc1. The molecule has 3 aromatic rings. The Morgan fingerprint density at radius 1 is 1.00 bits per heavy atom. The summed E-state index contributed by atoms with van der Waals surface area (Å²) in [6.45, 7) is 2.66. The Kier molecular flexibility index (Phi) is 5.06. The molecule has 2 aromatic carbocycles. The topological polar surface area (TPSA) is 46.9 Å². The van der Waals surface area contributed by atoms with Crippen LogP contribution in [0.5, 0.6) is 0 Å². The third kappa shape index (κ3) is 4.10. The van der Waals surface area contributed by atoms with Crippen LogP contribution < -0.4 is 5.32 Å². The Morgan fingerprint density at radius 2 is 1.67 bits per heavy atom. The average molecular weight is 319 g/mol. The Hall–Kier alpha value is -2.88. The molecule has 0 unspecified atom stereocenters. The summed E-state index contributed by atoms with van der Waals surface area (Å²) >= 11 is 0. The highest BCUT2D eigenvalue weighted by atomic mass is 16.1. The largest absolute Gasteiger partial charge is 0.352 e. The van der Waals surface area contributed by atoms with E-state index in [4.69, 9.17) is 0 Å². The van der Waals surface area contributed by atoms with Crippen molar-refractivity contribution in [2.75, 3.05) is 0 Å². The minimum atomic E-state index is 0.0398. The lowest BCUT2D eigenvalue weighted by atomic mass is 10.1. The van der Waals surface area contributed by atoms with Crippen LogP contribution in [0.3, 0.4) is 0 Å². The molecule has 0 fully saturated rings. The van der Waals surface area contributed by atoms with Gasteiger partial charge in [0.1, 0.15) is 0 Å². The summed E-state index contributed by atoms with van der Waals surface area (Å²) in [5, 5.41) is 2.97. The number of nitrogens with zero attached hydrogens (tertiary/aromatic N) is 2. The average Bonchev–Trinajstić information content (AvgIpc) is 3.16. The molecule has 0 saturated carbocycles. The number of nitrogens with one attached hydrogen (secondary N) is 1. The second kappa shape index (κ2) is 7.59. The van der Waals surface area contributed by atoms with Gasteiger partial charge in [0.2, 0.25) is 5.91 Å². The molecule has 0 radical (unpaired) electrons. The van der Waals surface area contributed by atoms with Crippen molar-refractivity contribution in [3.05, 3.63) is 83.9 Å². The Bertz CT molecular complexity index is 775. The summed E-state index contributed by atoms with van der Waals surface area (Å²) in [5.74, 6) is 0.0398. The Labute approximate surface area is 142 Å². The van der Waals surface area contributed by atoms with Crippen LogP contribution in [0, 0.1) is 0 Å². The number of amides is 1. The van der Waals surface area contributed by atoms with Crippen LogP contribution in [0.15, 0.2) is 67.3 Å². The van der Waals surface area contributed by atoms with E-state index in [1.165, 1.54) is 5.56 Å². The van der Waals surface area contributed by atoms with Crippen molar-refractivity contribution < 1.29 is 4.79 Å². The molecule has 1 aromatic heterocycles. The fraction of sp³-hybridized carbons (Fsp3) is 0.200. The first kappa shape index (κ1) is 16.0. The van der Waals surface area contributed by atoms with Gasteiger partial charge < -0.3 is 9.88 Å². The summed E-state index contributed by atoms with van der Waals surface area (Å²) < 4.78 is 1.95. The van der Waals surface area contributed by atoms with E-state index in [1.54, 1.807) is 12.5 Å². The van der Waals surface area contributed by atoms with Gasteiger partial charge in [-0.05, 0) is 35.2 Å². The number of carbonyl (C=O) groups excluding carboxylic acids is 1. The van der Waals surface area contributed by atoms with Gasteiger partial charge in [-0.3, -0.25) is 4.79 Å². The number of rotatable bonds is 6. The minimum Gasteiger partial charge on any atom is -0.352 e. The molecule has 0 aliphatic carbocycles. The van der Waals surface area contributed by atoms with Crippen LogP contribution in [-0.4, -0.2) is 15.5 Å². The highest BCUT2D eigenvalue weighted by Crippen LogP contribution is 2.09. The second-order valence-corrected chi connectivity index (χ2v) is 5.76. The van der Waals surface area contributed by atoms with Gasteiger partial charge >= 0.3 is 0 Å². The highest BCUT2D eigenvalue weighted by molar-refractivity contribution is 5.78. The van der Waals surface area contributed by atoms with Gasteiger partial charge in [-0.1, -0.05) is 43.3 Å². The Balaban J connectivity index is 1.52. The second-order valence-electron chi connectivity index (χ2n) is 5.76. The lowest BCUT2D eigenvalue weighted by Crippen LogP contribution is -2.24. The van der Waals surface area contributed by atoms with Crippen molar-refractivity contribution in [1.29, 1.82) is 0 Å². The maximum Gasteiger partial charge on any atom is 0.224 e. The quantitative estimate of drug-likeness (QED) is 0.758. The summed E-state index contributed by atoms with van der Waals surface area (Å²) in [5.41, 5.74) is 4.46. The van der Waals surface area contributed by atoms with Crippen molar-refractivity contribution >= 4 is 5.91 Å². The molecule has 24 heavy (non-hydrogen) atoms. The lowest BCUT2D eigenvalue weighted by Gasteiger charge is -2.07. The molecular weight excluding hydrogens is 298 g/mol. The number of hydrogen-bond donors (Lipinski definition) is 1. The van der Waals surface area contributed by atoms with E-state index in [2.05, 4.69) is 29.4 Å². The number of hydrogen-bond acceptors (Lipinski definition) is 2. The third-order valence-corrected chi connectivity index (χ3v) is 4.02. The molecule has 4 nitrogen and oxygen atoms in total. The standard InChI is InChI=1S/C20H21N3O/c1-2-16-3-5-17(6-4-16)13-20(24)22-14-18-7-9-19(10-8-18)23-12-11-21-15-23/h3-12,15H,2,13-14H2,1H3,(H,22,24). The molecule has 0 spiro atoms. The molecule has 0 saturated heterocycles. The van der Waals surface area contributed by atoms with Gasteiger partial charge in [-0.25, -0.2) is 4.98 Å². The van der Waals surface area contributed by atoms with Gasteiger partial charge in [-0.15, -0.1) is 0 Å². The van der Waals surface area contributed by atoms with Crippen molar-refractivity contribution in [2.24, 2.45) is 0 Å². The summed E-state index contributed by atoms with van der Waals surface area (Å²) in [6.07, 6.45) is 6.85. The van der Waals surface area contributed by atoms with Gasteiger partial charge in [0.05, 0.1) is 12.7 Å². The van der Waals surface area contributed by atoms with Crippen molar-refractivity contribution in [2.45, 2.75) is 26.3 Å². The van der Waals surface area contributed by atoms with E-state index in [-0.39, 0.29) is 5.91 Å². The summed E-state index contributed by atoms with van der Waals surface area (Å²) in [6, 6.07) is 16.3. The molecule has 1 heterocycles. The van der Waals surface area contributed by atoms with Gasteiger partial charge in [-0.2, -0.15) is 0 Å². The predicted octanol–water partition coefficient (Wildman–Crippen LogP) is 3.29. The smallest absolute Gasteiger partial charge is 0.224 e. The lowest BCUT2D eigenvalue weighted by molar-refractivity contribution is -0.120. The molecule has 1 amide bonds. The van der Waals surface area contributed by atoms with Gasteiger partial charge in [0.25, 0.3) is 0 Å². The van der Waals surface area contributed by atoms with Crippen LogP contribution in [0.2, 0.25) is 0 Å². The van der Waals surface area contributed by atoms with Crippen LogP contribution in [-0.2, 0) is 24.2 Å². The van der Waals surface area contributed by atoms with Gasteiger partial charge in [0, 0.05) is 24.6 Å². The number of carbonyl (C=O) groups is 1. The molecule has 4 heteroatoms. The minimum absolute atomic E-state index is 0.0398. The fourth-order valence-electron chi connectivity index (χ4n) is 2.54. The molecule has 0 aliphatic heterocycles. The van der Waals surface area contributed by atoms with E-state index < -0.39 is 0 Å². The van der Waals surface area contributed by atoms with E-state index in [1.807, 2.05) is 47.2 Å². The third-order valence-electron chi connectivity index (χ3n) is 4.02. The number of aromatic nitrogens is 2. The summed E-state index contributed by atoms with van der Waals surface area (Å²) in [7, 11) is 0. The number of aryl methyl sites for hydroxylation is 1. The van der Waals surface area contributed by atoms with Crippen LogP contribution in [0.1, 0.15) is 23.6 Å². The first-order valence-electron chi connectivity index (χ1n) is 8.16. The highest BCUT2D eigenvalue weighted by Gasteiger charge is 2.04. The van der Waals surface area contributed by atoms with Crippen LogP contribution >= 0.6 is 0 Å². The zero-order valence-corrected chi connectivity index (χ0v) is 13.8. The van der Waals surface area contributed by atoms with E-state index in [9.17, 15) is 4.79 Å². The number of benzene rings is 2. The van der Waals surface area contributed by atoms with Gasteiger partial charge in [0.15, 0.2) is 0 Å². The maximum atomic E-state index is 12.1. The number of imidazole rings is 1. The van der Waals surface area contributed by atoms with E-state index in [0.717, 1.165) is 23.2 Å². The van der Waals surface area contributed by atoms with Crippen LogP contribution in [0.4, 0.5) is 0 Å². The van der Waals surface area contributed by atoms with Crippen molar-refractivity contribution in [1.82, 2.24) is 14.9 Å². The monoisotopic (exact) mass is 319 g/mol. The molecule has 3 rings (SSSR count). The van der Waals surface area contributed by atoms with E-state index >= 15 is 0 Å². The predicted molar refractivity (Wildman–Crippen MR) is 94.9 cm³/mol. The summed E-state index contributed by atoms with van der Waals surface area (Å²) in [4.78, 5) is 16.1. The molecule has 0 aliphatic rings. The zero-order chi connectivity index (χ0) is 16.8. The van der Waals surface area contributed by atoms with Crippen molar-refractivity contribution in [3.8, 4) is 5.69 Å². The Morgan fingerprint density at radius 3 is 2.29 bits per heavy atom. The fourth-order valence-corrected chi connectivity index (χ4v) is 2.54. The molecule has 0 bridgehead atoms. The molecule has 1 N–H and O–H groups in total.